The molecule has 6 heteroatoms. The van der Waals surface area contributed by atoms with Crippen LogP contribution in [0, 0.1) is 5.92 Å². The van der Waals surface area contributed by atoms with E-state index >= 15 is 0 Å². The number of aromatic nitrogens is 1. The molecule has 0 spiro atoms. The number of thiazole rings is 1. The molecule has 2 fully saturated rings. The van der Waals surface area contributed by atoms with Gasteiger partial charge in [0.25, 0.3) is 0 Å². The summed E-state index contributed by atoms with van der Waals surface area (Å²) in [4.78, 5) is 19.3. The number of hydrogen-bond donors (Lipinski definition) is 0. The number of rotatable bonds is 6. The Morgan fingerprint density at radius 1 is 1.32 bits per heavy atom. The molecule has 1 atom stereocenters. The van der Waals surface area contributed by atoms with Gasteiger partial charge in [0.2, 0.25) is 5.91 Å². The summed E-state index contributed by atoms with van der Waals surface area (Å²) in [5.41, 5.74) is 1.92. The third-order valence-electron chi connectivity index (χ3n) is 4.71. The van der Waals surface area contributed by atoms with Gasteiger partial charge in [0.1, 0.15) is 5.75 Å². The predicted molar refractivity (Wildman–Crippen MR) is 98.2 cm³/mol. The lowest BCUT2D eigenvalue weighted by molar-refractivity contribution is -0.120. The van der Waals surface area contributed by atoms with Crippen LogP contribution in [0.5, 0.6) is 5.75 Å². The summed E-state index contributed by atoms with van der Waals surface area (Å²) in [7, 11) is 1.66. The van der Waals surface area contributed by atoms with Crippen molar-refractivity contribution >= 4 is 22.4 Å². The van der Waals surface area contributed by atoms with Gasteiger partial charge in [-0.15, -0.1) is 11.3 Å². The van der Waals surface area contributed by atoms with Gasteiger partial charge < -0.3 is 9.47 Å². The Kier molecular flexibility index (Phi) is 4.72. The highest BCUT2D eigenvalue weighted by molar-refractivity contribution is 7.14. The number of hydrogen-bond acceptors (Lipinski definition) is 5. The van der Waals surface area contributed by atoms with Crippen molar-refractivity contribution in [1.82, 2.24) is 4.98 Å². The van der Waals surface area contributed by atoms with E-state index in [1.807, 2.05) is 34.5 Å². The van der Waals surface area contributed by atoms with E-state index in [4.69, 9.17) is 14.5 Å². The molecule has 1 aromatic heterocycles. The summed E-state index contributed by atoms with van der Waals surface area (Å²) in [5.74, 6) is 1.20. The molecule has 25 heavy (non-hydrogen) atoms. The summed E-state index contributed by atoms with van der Waals surface area (Å²) in [6, 6.07) is 7.83. The van der Waals surface area contributed by atoms with Crippen LogP contribution in [0.2, 0.25) is 0 Å². The van der Waals surface area contributed by atoms with Crippen LogP contribution in [-0.4, -0.2) is 37.3 Å². The fourth-order valence-electron chi connectivity index (χ4n) is 3.09. The largest absolute Gasteiger partial charge is 0.497 e. The van der Waals surface area contributed by atoms with E-state index in [2.05, 4.69) is 0 Å². The van der Waals surface area contributed by atoms with E-state index in [1.165, 1.54) is 11.3 Å². The quantitative estimate of drug-likeness (QED) is 0.789. The minimum Gasteiger partial charge on any atom is -0.497 e. The number of benzene rings is 1. The topological polar surface area (TPSA) is 51.7 Å². The SMILES string of the molecule is COc1ccc(-c2csc(N(CC3CCCO3)C(=O)C3CC3)n2)cc1. The second-order valence-electron chi connectivity index (χ2n) is 6.60. The lowest BCUT2D eigenvalue weighted by Crippen LogP contribution is -2.38. The minimum atomic E-state index is 0.135. The second kappa shape index (κ2) is 7.14. The van der Waals surface area contributed by atoms with Crippen molar-refractivity contribution in [3.63, 3.8) is 0 Å². The van der Waals surface area contributed by atoms with Gasteiger partial charge in [-0.2, -0.15) is 0 Å². The first kappa shape index (κ1) is 16.5. The van der Waals surface area contributed by atoms with Crippen LogP contribution in [0.1, 0.15) is 25.7 Å². The number of carbonyl (C=O) groups is 1. The average Bonchev–Trinajstić information content (AvgIpc) is 3.16. The lowest BCUT2D eigenvalue weighted by atomic mass is 10.2. The van der Waals surface area contributed by atoms with Crippen LogP contribution in [-0.2, 0) is 9.53 Å². The van der Waals surface area contributed by atoms with Crippen molar-refractivity contribution in [2.75, 3.05) is 25.2 Å². The molecule has 1 saturated carbocycles. The van der Waals surface area contributed by atoms with Gasteiger partial charge in [-0.25, -0.2) is 4.98 Å². The predicted octanol–water partition coefficient (Wildman–Crippen LogP) is 3.74. The highest BCUT2D eigenvalue weighted by Gasteiger charge is 2.36. The molecule has 1 amide bonds. The molecular weight excluding hydrogens is 336 g/mol. The molecule has 5 nitrogen and oxygen atoms in total. The molecule has 2 aromatic rings. The van der Waals surface area contributed by atoms with E-state index in [1.54, 1.807) is 7.11 Å². The maximum atomic E-state index is 12.7. The number of carbonyl (C=O) groups excluding carboxylic acids is 1. The smallest absolute Gasteiger partial charge is 0.231 e. The van der Waals surface area contributed by atoms with Crippen molar-refractivity contribution in [3.05, 3.63) is 29.6 Å². The van der Waals surface area contributed by atoms with Crippen molar-refractivity contribution in [1.29, 1.82) is 0 Å². The van der Waals surface area contributed by atoms with Crippen LogP contribution in [0.25, 0.3) is 11.3 Å². The molecule has 0 N–H and O–H groups in total. The average molecular weight is 358 g/mol. The van der Waals surface area contributed by atoms with Crippen LogP contribution >= 0.6 is 11.3 Å². The van der Waals surface area contributed by atoms with Gasteiger partial charge in [0, 0.05) is 23.5 Å². The normalized spacial score (nSPS) is 19.8. The fourth-order valence-corrected chi connectivity index (χ4v) is 3.94. The van der Waals surface area contributed by atoms with Crippen molar-refractivity contribution in [2.24, 2.45) is 5.92 Å². The third kappa shape index (κ3) is 3.70. The Labute approximate surface area is 151 Å². The molecule has 132 valence electrons. The Balaban J connectivity index is 1.56. The van der Waals surface area contributed by atoms with E-state index in [9.17, 15) is 4.79 Å². The Hall–Kier alpha value is -1.92. The number of methoxy groups -OCH3 is 1. The zero-order chi connectivity index (χ0) is 17.2. The zero-order valence-corrected chi connectivity index (χ0v) is 15.1. The molecule has 1 aliphatic heterocycles. The van der Waals surface area contributed by atoms with Crippen LogP contribution < -0.4 is 9.64 Å². The molecule has 0 bridgehead atoms. The summed E-state index contributed by atoms with van der Waals surface area (Å²) >= 11 is 1.53. The molecule has 4 rings (SSSR count). The molecule has 2 heterocycles. The number of anilines is 1. The summed E-state index contributed by atoms with van der Waals surface area (Å²) < 4.78 is 10.9. The number of nitrogens with zero attached hydrogens (tertiary/aromatic N) is 2. The van der Waals surface area contributed by atoms with Gasteiger partial charge in [-0.3, -0.25) is 9.69 Å². The summed E-state index contributed by atoms with van der Waals surface area (Å²) in [6.07, 6.45) is 4.22. The lowest BCUT2D eigenvalue weighted by Gasteiger charge is -2.23. The van der Waals surface area contributed by atoms with Crippen LogP contribution in [0.3, 0.4) is 0 Å². The monoisotopic (exact) mass is 358 g/mol. The molecule has 1 aromatic carbocycles. The van der Waals surface area contributed by atoms with Crippen LogP contribution in [0.4, 0.5) is 5.13 Å². The molecule has 2 aliphatic rings. The molecule has 1 aliphatic carbocycles. The Morgan fingerprint density at radius 2 is 2.12 bits per heavy atom. The maximum absolute atomic E-state index is 12.7. The highest BCUT2D eigenvalue weighted by atomic mass is 32.1. The molecule has 1 unspecified atom stereocenters. The number of amides is 1. The second-order valence-corrected chi connectivity index (χ2v) is 7.44. The van der Waals surface area contributed by atoms with Gasteiger partial charge in [0.15, 0.2) is 5.13 Å². The van der Waals surface area contributed by atoms with E-state index in [-0.39, 0.29) is 17.9 Å². The first-order valence-corrected chi connectivity index (χ1v) is 9.65. The van der Waals surface area contributed by atoms with Crippen molar-refractivity contribution in [2.45, 2.75) is 31.8 Å². The third-order valence-corrected chi connectivity index (χ3v) is 5.58. The molecule has 0 radical (unpaired) electrons. The summed E-state index contributed by atoms with van der Waals surface area (Å²) in [5, 5.41) is 2.79. The van der Waals surface area contributed by atoms with E-state index < -0.39 is 0 Å². The standard InChI is InChI=1S/C19H22N2O3S/c1-23-15-8-6-13(7-9-15)17-12-25-19(20-17)21(18(22)14-4-5-14)11-16-3-2-10-24-16/h6-9,12,14,16H,2-5,10-11H2,1H3. The van der Waals surface area contributed by atoms with Gasteiger partial charge in [0.05, 0.1) is 25.5 Å². The fraction of sp³-hybridized carbons (Fsp3) is 0.474. The number of ether oxygens (including phenoxy) is 2. The highest BCUT2D eigenvalue weighted by Crippen LogP contribution is 2.35. The Bertz CT molecular complexity index is 733. The Morgan fingerprint density at radius 3 is 2.76 bits per heavy atom. The first-order chi connectivity index (χ1) is 12.2. The van der Waals surface area contributed by atoms with E-state index in [0.29, 0.717) is 6.54 Å². The summed E-state index contributed by atoms with van der Waals surface area (Å²) in [6.45, 7) is 1.41. The van der Waals surface area contributed by atoms with Gasteiger partial charge >= 0.3 is 0 Å². The molecular formula is C19H22N2O3S. The van der Waals surface area contributed by atoms with Crippen LogP contribution in [0.15, 0.2) is 29.6 Å². The molecule has 1 saturated heterocycles. The zero-order valence-electron chi connectivity index (χ0n) is 14.3. The van der Waals surface area contributed by atoms with Gasteiger partial charge in [-0.1, -0.05) is 0 Å². The van der Waals surface area contributed by atoms with E-state index in [0.717, 1.165) is 54.4 Å². The first-order valence-electron chi connectivity index (χ1n) is 8.77. The van der Waals surface area contributed by atoms with Gasteiger partial charge in [-0.05, 0) is 49.9 Å². The van der Waals surface area contributed by atoms with Crippen molar-refractivity contribution < 1.29 is 14.3 Å². The van der Waals surface area contributed by atoms with Crippen molar-refractivity contribution in [3.8, 4) is 17.0 Å². The maximum Gasteiger partial charge on any atom is 0.231 e. The minimum absolute atomic E-state index is 0.135.